The molecule has 1 aliphatic carbocycles. The van der Waals surface area contributed by atoms with Gasteiger partial charge in [-0.25, -0.2) is 4.79 Å². The van der Waals surface area contributed by atoms with Crippen molar-refractivity contribution in [1.29, 1.82) is 0 Å². The van der Waals surface area contributed by atoms with E-state index in [1.54, 1.807) is 11.0 Å². The number of hydrogen-bond acceptors (Lipinski definition) is 4. The zero-order valence-electron chi connectivity index (χ0n) is 21.1. The van der Waals surface area contributed by atoms with Gasteiger partial charge >= 0.3 is 5.97 Å². The summed E-state index contributed by atoms with van der Waals surface area (Å²) >= 11 is 1.10. The number of carbonyl (C=O) groups excluding carboxylic acids is 2. The van der Waals surface area contributed by atoms with Crippen LogP contribution < -0.4 is 4.90 Å². The van der Waals surface area contributed by atoms with Gasteiger partial charge in [-0.3, -0.25) is 9.59 Å². The monoisotopic (exact) mass is 486 g/mol. The molecule has 1 saturated heterocycles. The van der Waals surface area contributed by atoms with Crippen LogP contribution in [0.4, 0.5) is 5.69 Å². The molecule has 0 unspecified atom stereocenters. The molecule has 1 atom stereocenters. The van der Waals surface area contributed by atoms with Gasteiger partial charge in [-0.1, -0.05) is 18.8 Å². The number of carboxylic acid groups (broad SMARTS) is 1. The van der Waals surface area contributed by atoms with E-state index in [1.807, 2.05) is 32.6 Å². The SMILES string of the molecule is CC1CCC(C(=O)N(c2cc(C#CC(C)(C)C)sc2C(=O)O)[C@@H](C)CC(=O)N2CCCC2)CC1. The van der Waals surface area contributed by atoms with E-state index >= 15 is 0 Å². The summed E-state index contributed by atoms with van der Waals surface area (Å²) in [6.45, 7) is 11.6. The van der Waals surface area contributed by atoms with Crippen LogP contribution >= 0.6 is 11.3 Å². The molecule has 34 heavy (non-hydrogen) atoms. The maximum atomic E-state index is 13.8. The molecular formula is C27H38N2O4S. The average molecular weight is 487 g/mol. The second-order valence-corrected chi connectivity index (χ2v) is 12.0. The van der Waals surface area contributed by atoms with Crippen molar-refractivity contribution >= 4 is 34.8 Å². The van der Waals surface area contributed by atoms with Crippen LogP contribution in [0.25, 0.3) is 0 Å². The van der Waals surface area contributed by atoms with E-state index in [1.165, 1.54) is 0 Å². The average Bonchev–Trinajstić information content (AvgIpc) is 3.43. The highest BCUT2D eigenvalue weighted by atomic mass is 32.1. The number of hydrogen-bond donors (Lipinski definition) is 1. The summed E-state index contributed by atoms with van der Waals surface area (Å²) in [4.78, 5) is 43.1. The third kappa shape index (κ3) is 6.63. The molecule has 1 N–H and O–H groups in total. The van der Waals surface area contributed by atoms with Crippen LogP contribution in [-0.4, -0.2) is 46.9 Å². The van der Waals surface area contributed by atoms with Crippen LogP contribution in [0.3, 0.4) is 0 Å². The number of aromatic carboxylic acids is 1. The number of likely N-dealkylation sites (tertiary alicyclic amines) is 1. The number of anilines is 1. The van der Waals surface area contributed by atoms with E-state index in [4.69, 9.17) is 0 Å². The Kier molecular flexibility index (Phi) is 8.46. The number of nitrogens with zero attached hydrogens (tertiary/aromatic N) is 2. The van der Waals surface area contributed by atoms with E-state index in [0.717, 1.165) is 63.0 Å². The Balaban J connectivity index is 1.97. The summed E-state index contributed by atoms with van der Waals surface area (Å²) in [6.07, 6.45) is 5.77. The fraction of sp³-hybridized carbons (Fsp3) is 0.667. The van der Waals surface area contributed by atoms with Crippen molar-refractivity contribution in [3.63, 3.8) is 0 Å². The second-order valence-electron chi connectivity index (χ2n) is 10.9. The molecule has 186 valence electrons. The van der Waals surface area contributed by atoms with Gasteiger partial charge in [0, 0.05) is 36.9 Å². The van der Waals surface area contributed by atoms with Crippen LogP contribution in [-0.2, 0) is 9.59 Å². The molecule has 2 heterocycles. The summed E-state index contributed by atoms with van der Waals surface area (Å²) in [6, 6.07) is 1.30. The third-order valence-electron chi connectivity index (χ3n) is 6.70. The lowest BCUT2D eigenvalue weighted by molar-refractivity contribution is -0.130. The molecule has 6 nitrogen and oxygen atoms in total. The highest BCUT2D eigenvalue weighted by molar-refractivity contribution is 7.15. The molecule has 2 aliphatic rings. The maximum absolute atomic E-state index is 13.8. The largest absolute Gasteiger partial charge is 0.477 e. The fourth-order valence-electron chi connectivity index (χ4n) is 4.74. The van der Waals surface area contributed by atoms with Gasteiger partial charge in [0.2, 0.25) is 11.8 Å². The zero-order valence-corrected chi connectivity index (χ0v) is 22.0. The van der Waals surface area contributed by atoms with Crippen molar-refractivity contribution in [1.82, 2.24) is 4.90 Å². The van der Waals surface area contributed by atoms with Gasteiger partial charge in [0.1, 0.15) is 4.88 Å². The minimum atomic E-state index is -1.07. The molecule has 2 fully saturated rings. The highest BCUT2D eigenvalue weighted by Crippen LogP contribution is 2.37. The Labute approximate surface area is 207 Å². The molecule has 1 aromatic heterocycles. The van der Waals surface area contributed by atoms with Gasteiger partial charge in [-0.15, -0.1) is 11.3 Å². The Hall–Kier alpha value is -2.33. The molecule has 0 spiro atoms. The Morgan fingerprint density at radius 2 is 1.79 bits per heavy atom. The first-order valence-electron chi connectivity index (χ1n) is 12.5. The van der Waals surface area contributed by atoms with Crippen LogP contribution in [0.5, 0.6) is 0 Å². The minimum absolute atomic E-state index is 0.0277. The molecule has 3 rings (SSSR count). The number of amides is 2. The van der Waals surface area contributed by atoms with Gasteiger partial charge in [0.05, 0.1) is 10.6 Å². The summed E-state index contributed by atoms with van der Waals surface area (Å²) in [5, 5.41) is 9.97. The maximum Gasteiger partial charge on any atom is 0.348 e. The molecule has 1 saturated carbocycles. The number of thiophene rings is 1. The second kappa shape index (κ2) is 10.9. The molecule has 7 heteroatoms. The summed E-state index contributed by atoms with van der Waals surface area (Å²) in [5.74, 6) is 5.59. The predicted octanol–water partition coefficient (Wildman–Crippen LogP) is 5.40. The first-order valence-corrected chi connectivity index (χ1v) is 13.3. The molecule has 0 aromatic carbocycles. The van der Waals surface area contributed by atoms with Crippen molar-refractivity contribution in [2.24, 2.45) is 17.3 Å². The first-order chi connectivity index (χ1) is 16.0. The lowest BCUT2D eigenvalue weighted by Gasteiger charge is -2.35. The number of carboxylic acids is 1. The van der Waals surface area contributed by atoms with Gasteiger partial charge in [0.15, 0.2) is 0 Å². The Morgan fingerprint density at radius 1 is 1.18 bits per heavy atom. The van der Waals surface area contributed by atoms with E-state index in [-0.39, 0.29) is 34.4 Å². The topological polar surface area (TPSA) is 77.9 Å². The molecule has 0 bridgehead atoms. The van der Waals surface area contributed by atoms with Crippen molar-refractivity contribution in [2.45, 2.75) is 85.6 Å². The molecular weight excluding hydrogens is 448 g/mol. The minimum Gasteiger partial charge on any atom is -0.477 e. The molecule has 1 aliphatic heterocycles. The zero-order chi connectivity index (χ0) is 25.0. The van der Waals surface area contributed by atoms with Gasteiger partial charge in [-0.2, -0.15) is 0 Å². The van der Waals surface area contributed by atoms with Crippen molar-refractivity contribution < 1.29 is 19.5 Å². The molecule has 0 radical (unpaired) electrons. The van der Waals surface area contributed by atoms with Crippen molar-refractivity contribution in [2.75, 3.05) is 18.0 Å². The molecule has 1 aromatic rings. The summed E-state index contributed by atoms with van der Waals surface area (Å²) in [5.41, 5.74) is 0.151. The summed E-state index contributed by atoms with van der Waals surface area (Å²) < 4.78 is 0. The van der Waals surface area contributed by atoms with Gasteiger partial charge < -0.3 is 14.9 Å². The smallest absolute Gasteiger partial charge is 0.348 e. The highest BCUT2D eigenvalue weighted by Gasteiger charge is 2.35. The van der Waals surface area contributed by atoms with E-state index in [0.29, 0.717) is 16.5 Å². The first kappa shape index (κ1) is 26.3. The normalized spacial score (nSPS) is 21.5. The lowest BCUT2D eigenvalue weighted by atomic mass is 9.82. The van der Waals surface area contributed by atoms with Crippen LogP contribution in [0, 0.1) is 29.1 Å². The standard InChI is InChI=1S/C27H38N2O4S/c1-18-8-10-20(11-9-18)25(31)29(19(2)16-23(30)28-14-6-7-15-28)22-17-21(12-13-27(3,4)5)34-24(22)26(32)33/h17-20H,6-11,14-16H2,1-5H3,(H,32,33)/t18?,19-,20?/m0/s1. The quantitative estimate of drug-likeness (QED) is 0.546. The Bertz CT molecular complexity index is 967. The lowest BCUT2D eigenvalue weighted by Crippen LogP contribution is -2.46. The summed E-state index contributed by atoms with van der Waals surface area (Å²) in [7, 11) is 0. The predicted molar refractivity (Wildman–Crippen MR) is 136 cm³/mol. The van der Waals surface area contributed by atoms with E-state index in [2.05, 4.69) is 18.8 Å². The van der Waals surface area contributed by atoms with Gasteiger partial charge in [-0.05, 0) is 78.2 Å². The third-order valence-corrected chi connectivity index (χ3v) is 7.73. The van der Waals surface area contributed by atoms with Crippen molar-refractivity contribution in [3.8, 4) is 11.8 Å². The Morgan fingerprint density at radius 3 is 2.35 bits per heavy atom. The fourth-order valence-corrected chi connectivity index (χ4v) is 5.58. The van der Waals surface area contributed by atoms with Crippen LogP contribution in [0.1, 0.15) is 94.1 Å². The van der Waals surface area contributed by atoms with Gasteiger partial charge in [0.25, 0.3) is 0 Å². The number of carbonyl (C=O) groups is 3. The number of rotatable bonds is 6. The van der Waals surface area contributed by atoms with Crippen LogP contribution in [0.15, 0.2) is 6.07 Å². The van der Waals surface area contributed by atoms with Crippen LogP contribution in [0.2, 0.25) is 0 Å². The van der Waals surface area contributed by atoms with E-state index < -0.39 is 12.0 Å². The molecule has 2 amide bonds. The van der Waals surface area contributed by atoms with Crippen molar-refractivity contribution in [3.05, 3.63) is 15.8 Å². The van der Waals surface area contributed by atoms with E-state index in [9.17, 15) is 19.5 Å².